The molecule has 10 heteroatoms. The molecule has 0 saturated carbocycles. The topological polar surface area (TPSA) is 126 Å². The second-order valence-electron chi connectivity index (χ2n) is 6.97. The predicted molar refractivity (Wildman–Crippen MR) is 118 cm³/mol. The summed E-state index contributed by atoms with van der Waals surface area (Å²) < 4.78 is 17.1. The monoisotopic (exact) mass is 448 g/mol. The van der Waals surface area contributed by atoms with E-state index in [0.717, 1.165) is 0 Å². The second-order valence-corrected chi connectivity index (χ2v) is 6.97. The molecule has 168 valence electrons. The van der Waals surface area contributed by atoms with Gasteiger partial charge < -0.3 is 13.9 Å². The van der Waals surface area contributed by atoms with Gasteiger partial charge in [0.1, 0.15) is 17.8 Å². The summed E-state index contributed by atoms with van der Waals surface area (Å²) in [6.07, 6.45) is 2.43. The number of hydrogen-bond acceptors (Lipinski definition) is 8. The average molecular weight is 448 g/mol. The zero-order chi connectivity index (χ0) is 23.4. The fraction of sp³-hybridized carbons (Fsp3) is 0.174. The maximum absolute atomic E-state index is 12.7. The zero-order valence-corrected chi connectivity index (χ0v) is 17.9. The summed E-state index contributed by atoms with van der Waals surface area (Å²) >= 11 is 0. The number of esters is 1. The Morgan fingerprint density at radius 3 is 2.76 bits per heavy atom. The number of hydrogen-bond donors (Lipinski definition) is 1. The highest BCUT2D eigenvalue weighted by Crippen LogP contribution is 2.23. The van der Waals surface area contributed by atoms with Crippen molar-refractivity contribution >= 4 is 28.7 Å². The molecule has 10 nitrogen and oxygen atoms in total. The van der Waals surface area contributed by atoms with Gasteiger partial charge in [0.2, 0.25) is 0 Å². The lowest BCUT2D eigenvalue weighted by molar-refractivity contribution is 0.0473. The summed E-state index contributed by atoms with van der Waals surface area (Å²) in [5, 5.41) is 7.33. The molecule has 1 N–H and O–H groups in total. The third-order valence-corrected chi connectivity index (χ3v) is 4.81. The molecule has 1 amide bonds. The normalized spacial score (nSPS) is 10.7. The zero-order valence-electron chi connectivity index (χ0n) is 17.9. The maximum atomic E-state index is 12.7. The van der Waals surface area contributed by atoms with Crippen LogP contribution in [0.2, 0.25) is 0 Å². The standard InChI is InChI=1S/C23H20N4O6/c1-3-31-23(30)26-16-7-8-17-15(10-21(28)33-19(17)11-16)13-32-22(29)18-12-25-27(14(18)2)20-6-4-5-9-24-20/h4-12H,3,13H2,1-2H3,(H,26,30). The molecule has 0 unspecified atom stereocenters. The molecule has 4 rings (SSSR count). The van der Waals surface area contributed by atoms with E-state index in [2.05, 4.69) is 15.4 Å². The number of fused-ring (bicyclic) bond motifs is 1. The van der Waals surface area contributed by atoms with E-state index in [1.165, 1.54) is 18.3 Å². The van der Waals surface area contributed by atoms with Gasteiger partial charge in [0.25, 0.3) is 0 Å². The molecule has 33 heavy (non-hydrogen) atoms. The second kappa shape index (κ2) is 9.35. The molecule has 0 radical (unpaired) electrons. The van der Waals surface area contributed by atoms with Gasteiger partial charge in [-0.1, -0.05) is 6.07 Å². The smallest absolute Gasteiger partial charge is 0.411 e. The van der Waals surface area contributed by atoms with Crippen LogP contribution in [0.3, 0.4) is 0 Å². The Morgan fingerprint density at radius 2 is 2.00 bits per heavy atom. The van der Waals surface area contributed by atoms with Crippen molar-refractivity contribution in [2.24, 2.45) is 0 Å². The molecule has 3 heterocycles. The van der Waals surface area contributed by atoms with Gasteiger partial charge in [0.15, 0.2) is 5.82 Å². The lowest BCUT2D eigenvalue weighted by atomic mass is 10.1. The lowest BCUT2D eigenvalue weighted by Crippen LogP contribution is -2.13. The molecular formula is C23H20N4O6. The van der Waals surface area contributed by atoms with Crippen LogP contribution in [0.1, 0.15) is 28.5 Å². The lowest BCUT2D eigenvalue weighted by Gasteiger charge is -2.09. The molecule has 0 atom stereocenters. The van der Waals surface area contributed by atoms with Crippen molar-refractivity contribution in [2.75, 3.05) is 11.9 Å². The van der Waals surface area contributed by atoms with E-state index < -0.39 is 17.7 Å². The molecule has 0 aliphatic carbocycles. The number of carbonyl (C=O) groups excluding carboxylic acids is 2. The van der Waals surface area contributed by atoms with Crippen LogP contribution < -0.4 is 10.9 Å². The van der Waals surface area contributed by atoms with Gasteiger partial charge in [-0.3, -0.25) is 5.32 Å². The van der Waals surface area contributed by atoms with Gasteiger partial charge in [-0.05, 0) is 38.1 Å². The van der Waals surface area contributed by atoms with Gasteiger partial charge in [-0.2, -0.15) is 5.10 Å². The maximum Gasteiger partial charge on any atom is 0.411 e. The Kier molecular flexibility index (Phi) is 6.16. The van der Waals surface area contributed by atoms with Crippen LogP contribution in [-0.2, 0) is 16.1 Å². The Hall–Kier alpha value is -4.47. The fourth-order valence-electron chi connectivity index (χ4n) is 3.25. The van der Waals surface area contributed by atoms with Crippen LogP contribution in [0.15, 0.2) is 64.1 Å². The summed E-state index contributed by atoms with van der Waals surface area (Å²) in [7, 11) is 0. The third-order valence-electron chi connectivity index (χ3n) is 4.81. The first-order valence-corrected chi connectivity index (χ1v) is 10.1. The molecule has 1 aromatic carbocycles. The number of carbonyl (C=O) groups is 2. The Morgan fingerprint density at radius 1 is 1.15 bits per heavy atom. The molecule has 0 bridgehead atoms. The SMILES string of the molecule is CCOC(=O)Nc1ccc2c(COC(=O)c3cnn(-c4ccccn4)c3C)cc(=O)oc2c1. The van der Waals surface area contributed by atoms with Crippen LogP contribution >= 0.6 is 0 Å². The van der Waals surface area contributed by atoms with Crippen molar-refractivity contribution in [3.05, 3.63) is 82.1 Å². The van der Waals surface area contributed by atoms with E-state index in [9.17, 15) is 14.4 Å². The Bertz CT molecular complexity index is 1380. The fourth-order valence-corrected chi connectivity index (χ4v) is 3.25. The number of benzene rings is 1. The molecule has 0 saturated heterocycles. The highest BCUT2D eigenvalue weighted by Gasteiger charge is 2.18. The molecule has 0 aliphatic rings. The molecule has 0 fully saturated rings. The number of aromatic nitrogens is 3. The number of rotatable bonds is 6. The van der Waals surface area contributed by atoms with Crippen LogP contribution in [0.5, 0.6) is 0 Å². The predicted octanol–water partition coefficient (Wildman–Crippen LogP) is 3.61. The van der Waals surface area contributed by atoms with Crippen LogP contribution in [0.25, 0.3) is 16.8 Å². The number of nitrogens with one attached hydrogen (secondary N) is 1. The minimum atomic E-state index is -0.620. The summed E-state index contributed by atoms with van der Waals surface area (Å²) in [4.78, 5) is 40.6. The van der Waals surface area contributed by atoms with E-state index in [4.69, 9.17) is 13.9 Å². The first-order chi connectivity index (χ1) is 16.0. The summed E-state index contributed by atoms with van der Waals surface area (Å²) in [6.45, 7) is 3.50. The van der Waals surface area contributed by atoms with E-state index in [-0.39, 0.29) is 24.4 Å². The van der Waals surface area contributed by atoms with Gasteiger partial charge >= 0.3 is 17.7 Å². The minimum Gasteiger partial charge on any atom is -0.457 e. The number of pyridine rings is 1. The van der Waals surface area contributed by atoms with Crippen molar-refractivity contribution in [3.63, 3.8) is 0 Å². The van der Waals surface area contributed by atoms with Crippen molar-refractivity contribution in [2.45, 2.75) is 20.5 Å². The number of ether oxygens (including phenoxy) is 2. The van der Waals surface area contributed by atoms with Crippen LogP contribution in [0.4, 0.5) is 10.5 Å². The highest BCUT2D eigenvalue weighted by molar-refractivity contribution is 5.91. The number of nitrogens with zero attached hydrogens (tertiary/aromatic N) is 3. The van der Waals surface area contributed by atoms with Gasteiger partial charge in [-0.25, -0.2) is 24.0 Å². The number of anilines is 1. The quantitative estimate of drug-likeness (QED) is 0.350. The number of amides is 1. The average Bonchev–Trinajstić information content (AvgIpc) is 3.19. The van der Waals surface area contributed by atoms with Crippen molar-refractivity contribution in [1.29, 1.82) is 0 Å². The van der Waals surface area contributed by atoms with E-state index in [1.807, 2.05) is 6.07 Å². The highest BCUT2D eigenvalue weighted by atomic mass is 16.5. The van der Waals surface area contributed by atoms with E-state index >= 15 is 0 Å². The summed E-state index contributed by atoms with van der Waals surface area (Å²) in [5.74, 6) is -0.00962. The molecule has 4 aromatic rings. The van der Waals surface area contributed by atoms with Gasteiger partial charge in [0, 0.05) is 35.0 Å². The van der Waals surface area contributed by atoms with Crippen molar-refractivity contribution in [1.82, 2.24) is 14.8 Å². The largest absolute Gasteiger partial charge is 0.457 e. The van der Waals surface area contributed by atoms with Crippen molar-refractivity contribution in [3.8, 4) is 5.82 Å². The summed E-state index contributed by atoms with van der Waals surface area (Å²) in [5.41, 5.74) is 1.35. The Balaban J connectivity index is 1.53. The van der Waals surface area contributed by atoms with E-state index in [0.29, 0.717) is 28.1 Å². The molecular weight excluding hydrogens is 428 g/mol. The van der Waals surface area contributed by atoms with Crippen LogP contribution in [0, 0.1) is 6.92 Å². The molecule has 0 spiro atoms. The first-order valence-electron chi connectivity index (χ1n) is 10.1. The minimum absolute atomic E-state index is 0.153. The summed E-state index contributed by atoms with van der Waals surface area (Å²) in [6, 6.07) is 11.4. The Labute approximate surface area is 187 Å². The molecule has 3 aromatic heterocycles. The van der Waals surface area contributed by atoms with Crippen molar-refractivity contribution < 1.29 is 23.5 Å². The van der Waals surface area contributed by atoms with E-state index in [1.54, 1.807) is 49.0 Å². The first kappa shape index (κ1) is 21.8. The van der Waals surface area contributed by atoms with Gasteiger partial charge in [-0.15, -0.1) is 0 Å². The molecule has 0 aliphatic heterocycles. The third kappa shape index (κ3) is 4.74. The van der Waals surface area contributed by atoms with Crippen LogP contribution in [-0.4, -0.2) is 33.4 Å². The van der Waals surface area contributed by atoms with Gasteiger partial charge in [0.05, 0.1) is 18.5 Å².